The lowest BCUT2D eigenvalue weighted by Gasteiger charge is -2.42. The molecule has 0 aliphatic heterocycles. The van der Waals surface area contributed by atoms with Gasteiger partial charge in [-0.3, -0.25) is 10.2 Å². The lowest BCUT2D eigenvalue weighted by atomic mass is 9.64. The fourth-order valence-electron chi connectivity index (χ4n) is 3.15. The van der Waals surface area contributed by atoms with Gasteiger partial charge < -0.3 is 5.32 Å². The molecule has 1 fully saturated rings. The van der Waals surface area contributed by atoms with Gasteiger partial charge in [-0.2, -0.15) is 0 Å². The molecule has 0 spiro atoms. The van der Waals surface area contributed by atoms with Crippen molar-refractivity contribution < 1.29 is 9.59 Å². The summed E-state index contributed by atoms with van der Waals surface area (Å²) in [5.41, 5.74) is 7.70. The van der Waals surface area contributed by atoms with Crippen LogP contribution in [0.2, 0.25) is 0 Å². The zero-order chi connectivity index (χ0) is 17.7. The molecule has 25 heavy (non-hydrogen) atoms. The molecule has 130 valence electrons. The Labute approximate surface area is 147 Å². The SMILES string of the molecule is Cc1ccc(C(=O)NNC(=O)NCC2(c3ccccc3)CCC2)cc1. The maximum absolute atomic E-state index is 12.0. The first-order chi connectivity index (χ1) is 12.1. The van der Waals surface area contributed by atoms with E-state index in [-0.39, 0.29) is 11.3 Å². The molecule has 0 atom stereocenters. The zero-order valence-corrected chi connectivity index (χ0v) is 14.3. The van der Waals surface area contributed by atoms with E-state index < -0.39 is 6.03 Å². The van der Waals surface area contributed by atoms with Gasteiger partial charge in [-0.1, -0.05) is 54.4 Å². The molecule has 0 radical (unpaired) electrons. The number of hydrazine groups is 1. The van der Waals surface area contributed by atoms with Gasteiger partial charge in [0.25, 0.3) is 5.91 Å². The van der Waals surface area contributed by atoms with E-state index in [1.165, 1.54) is 12.0 Å². The summed E-state index contributed by atoms with van der Waals surface area (Å²) >= 11 is 0. The summed E-state index contributed by atoms with van der Waals surface area (Å²) < 4.78 is 0. The van der Waals surface area contributed by atoms with Gasteiger partial charge in [0.15, 0.2) is 0 Å². The quantitative estimate of drug-likeness (QED) is 0.751. The lowest BCUT2D eigenvalue weighted by Crippen LogP contribution is -2.52. The highest BCUT2D eigenvalue weighted by atomic mass is 16.2. The van der Waals surface area contributed by atoms with E-state index in [1.807, 2.05) is 37.3 Å². The average Bonchev–Trinajstić information content (AvgIpc) is 2.60. The Hall–Kier alpha value is -2.82. The van der Waals surface area contributed by atoms with Gasteiger partial charge in [0.05, 0.1) is 0 Å². The highest BCUT2D eigenvalue weighted by Crippen LogP contribution is 2.43. The third-order valence-corrected chi connectivity index (χ3v) is 4.89. The molecule has 1 aliphatic carbocycles. The van der Waals surface area contributed by atoms with Crippen LogP contribution in [0.15, 0.2) is 54.6 Å². The Morgan fingerprint density at radius 1 is 0.960 bits per heavy atom. The van der Waals surface area contributed by atoms with Gasteiger partial charge in [0.1, 0.15) is 0 Å². The number of carbonyl (C=O) groups excluding carboxylic acids is 2. The van der Waals surface area contributed by atoms with E-state index in [1.54, 1.807) is 12.1 Å². The van der Waals surface area contributed by atoms with Crippen LogP contribution in [0.4, 0.5) is 4.79 Å². The van der Waals surface area contributed by atoms with Crippen LogP contribution in [0, 0.1) is 6.92 Å². The molecule has 3 N–H and O–H groups in total. The lowest BCUT2D eigenvalue weighted by molar-refractivity contribution is 0.0935. The molecule has 2 aromatic rings. The molecule has 0 saturated heterocycles. The van der Waals surface area contributed by atoms with Crippen molar-refractivity contribution in [1.29, 1.82) is 0 Å². The minimum atomic E-state index is -0.400. The Bertz CT molecular complexity index is 737. The van der Waals surface area contributed by atoms with E-state index >= 15 is 0 Å². The van der Waals surface area contributed by atoms with E-state index in [4.69, 9.17) is 0 Å². The largest absolute Gasteiger partial charge is 0.336 e. The monoisotopic (exact) mass is 337 g/mol. The number of hydrogen-bond acceptors (Lipinski definition) is 2. The van der Waals surface area contributed by atoms with Gasteiger partial charge in [0, 0.05) is 17.5 Å². The zero-order valence-electron chi connectivity index (χ0n) is 14.3. The third-order valence-electron chi connectivity index (χ3n) is 4.89. The molecule has 1 aliphatic rings. The molecule has 1 saturated carbocycles. The highest BCUT2D eigenvalue weighted by Gasteiger charge is 2.38. The number of rotatable bonds is 4. The maximum Gasteiger partial charge on any atom is 0.333 e. The molecule has 3 rings (SSSR count). The van der Waals surface area contributed by atoms with Crippen molar-refractivity contribution in [3.05, 3.63) is 71.3 Å². The fraction of sp³-hybridized carbons (Fsp3) is 0.300. The van der Waals surface area contributed by atoms with Crippen molar-refractivity contribution in [2.24, 2.45) is 0 Å². The van der Waals surface area contributed by atoms with Crippen LogP contribution in [0.5, 0.6) is 0 Å². The Morgan fingerprint density at radius 3 is 2.24 bits per heavy atom. The second-order valence-electron chi connectivity index (χ2n) is 6.63. The molecule has 5 heteroatoms. The summed E-state index contributed by atoms with van der Waals surface area (Å²) in [5, 5.41) is 2.88. The molecule has 0 heterocycles. The number of amides is 3. The second-order valence-corrected chi connectivity index (χ2v) is 6.63. The van der Waals surface area contributed by atoms with Crippen molar-refractivity contribution in [2.75, 3.05) is 6.54 Å². The molecule has 0 unspecified atom stereocenters. The van der Waals surface area contributed by atoms with Crippen LogP contribution < -0.4 is 16.2 Å². The van der Waals surface area contributed by atoms with Crippen molar-refractivity contribution >= 4 is 11.9 Å². The van der Waals surface area contributed by atoms with E-state index in [0.29, 0.717) is 12.1 Å². The standard InChI is InChI=1S/C20H23N3O2/c1-15-8-10-16(11-9-15)18(24)22-23-19(25)21-14-20(12-5-13-20)17-6-3-2-4-7-17/h2-4,6-11H,5,12-14H2,1H3,(H,22,24)(H2,21,23,25). The van der Waals surface area contributed by atoms with Crippen LogP contribution in [-0.4, -0.2) is 18.5 Å². The summed E-state index contributed by atoms with van der Waals surface area (Å²) in [5.74, 6) is -0.337. The average molecular weight is 337 g/mol. The Balaban J connectivity index is 1.49. The molecular formula is C20H23N3O2. The molecule has 5 nitrogen and oxygen atoms in total. The Morgan fingerprint density at radius 2 is 1.64 bits per heavy atom. The fourth-order valence-corrected chi connectivity index (χ4v) is 3.15. The number of hydrogen-bond donors (Lipinski definition) is 3. The first-order valence-electron chi connectivity index (χ1n) is 8.55. The van der Waals surface area contributed by atoms with Crippen LogP contribution in [0.25, 0.3) is 0 Å². The van der Waals surface area contributed by atoms with Gasteiger partial charge in [-0.05, 0) is 37.5 Å². The molecule has 3 amide bonds. The van der Waals surface area contributed by atoms with E-state index in [0.717, 1.165) is 18.4 Å². The molecular weight excluding hydrogens is 314 g/mol. The highest BCUT2D eigenvalue weighted by molar-refractivity contribution is 5.95. The van der Waals surface area contributed by atoms with Gasteiger partial charge >= 0.3 is 6.03 Å². The number of urea groups is 1. The third kappa shape index (κ3) is 3.99. The van der Waals surface area contributed by atoms with Gasteiger partial charge in [-0.25, -0.2) is 10.2 Å². The minimum Gasteiger partial charge on any atom is -0.336 e. The van der Waals surface area contributed by atoms with Crippen molar-refractivity contribution in [3.8, 4) is 0 Å². The molecule has 0 bridgehead atoms. The predicted molar refractivity (Wildman–Crippen MR) is 97.2 cm³/mol. The van der Waals surface area contributed by atoms with E-state index in [9.17, 15) is 9.59 Å². The first kappa shape index (κ1) is 17.0. The molecule has 2 aromatic carbocycles. The summed E-state index contributed by atoms with van der Waals surface area (Å²) in [6, 6.07) is 17.0. The van der Waals surface area contributed by atoms with Crippen LogP contribution in [-0.2, 0) is 5.41 Å². The van der Waals surface area contributed by atoms with Crippen molar-refractivity contribution in [1.82, 2.24) is 16.2 Å². The summed E-state index contributed by atoms with van der Waals surface area (Å²) in [4.78, 5) is 24.0. The van der Waals surface area contributed by atoms with Crippen molar-refractivity contribution in [3.63, 3.8) is 0 Å². The van der Waals surface area contributed by atoms with Crippen LogP contribution in [0.3, 0.4) is 0 Å². The van der Waals surface area contributed by atoms with Crippen LogP contribution >= 0.6 is 0 Å². The summed E-state index contributed by atoms with van der Waals surface area (Å²) in [7, 11) is 0. The topological polar surface area (TPSA) is 70.2 Å². The van der Waals surface area contributed by atoms with E-state index in [2.05, 4.69) is 28.3 Å². The summed E-state index contributed by atoms with van der Waals surface area (Å²) in [6.45, 7) is 2.51. The van der Waals surface area contributed by atoms with Crippen LogP contribution in [0.1, 0.15) is 40.7 Å². The number of aryl methyl sites for hydroxylation is 1. The minimum absolute atomic E-state index is 0.0135. The summed E-state index contributed by atoms with van der Waals surface area (Å²) in [6.07, 6.45) is 3.29. The smallest absolute Gasteiger partial charge is 0.333 e. The number of carbonyl (C=O) groups is 2. The molecule has 0 aromatic heterocycles. The normalized spacial score (nSPS) is 14.9. The maximum atomic E-state index is 12.0. The number of benzene rings is 2. The second kappa shape index (κ2) is 7.38. The Kier molecular flexibility index (Phi) is 5.03. The first-order valence-corrected chi connectivity index (χ1v) is 8.55. The van der Waals surface area contributed by atoms with Crippen molar-refractivity contribution in [2.45, 2.75) is 31.6 Å². The van der Waals surface area contributed by atoms with Gasteiger partial charge in [-0.15, -0.1) is 0 Å². The predicted octanol–water partition coefficient (Wildman–Crippen LogP) is 3.06. The number of nitrogens with one attached hydrogen (secondary N) is 3. The van der Waals surface area contributed by atoms with Gasteiger partial charge in [0.2, 0.25) is 0 Å².